The number of methoxy groups -OCH3 is 1. The first-order chi connectivity index (χ1) is 8.45. The molecule has 5 nitrogen and oxygen atoms in total. The van der Waals surface area contributed by atoms with Crippen molar-refractivity contribution in [3.63, 3.8) is 0 Å². The third-order valence-corrected chi connectivity index (χ3v) is 2.93. The van der Waals surface area contributed by atoms with Crippen molar-refractivity contribution in [3.8, 4) is 0 Å². The second-order valence-corrected chi connectivity index (χ2v) is 4.48. The molecular formula is C13H20N2O3. The lowest BCUT2D eigenvalue weighted by atomic mass is 9.99. The molecule has 0 radical (unpaired) electrons. The Morgan fingerprint density at radius 2 is 1.89 bits per heavy atom. The molecule has 1 rings (SSSR count). The lowest BCUT2D eigenvalue weighted by molar-refractivity contribution is -0.141. The third kappa shape index (κ3) is 3.77. The molecule has 0 fully saturated rings. The van der Waals surface area contributed by atoms with Gasteiger partial charge in [0.25, 0.3) is 0 Å². The number of rotatable bonds is 6. The molecule has 0 aliphatic carbocycles. The molecule has 0 aromatic carbocycles. The molecule has 0 spiro atoms. The van der Waals surface area contributed by atoms with Crippen molar-refractivity contribution in [1.29, 1.82) is 0 Å². The SMILES string of the molecule is COCCc1nc(C)c(CC(C)C(=O)O)c(C)n1. The number of ether oxygens (including phenoxy) is 1. The molecule has 0 saturated heterocycles. The molecule has 0 amide bonds. The first-order valence-corrected chi connectivity index (χ1v) is 6.00. The summed E-state index contributed by atoms with van der Waals surface area (Å²) in [6.07, 6.45) is 1.14. The number of carboxylic acid groups (broad SMARTS) is 1. The fourth-order valence-corrected chi connectivity index (χ4v) is 1.80. The average molecular weight is 252 g/mol. The molecule has 5 heteroatoms. The molecule has 0 aliphatic rings. The van der Waals surface area contributed by atoms with Crippen LogP contribution in [0.4, 0.5) is 0 Å². The van der Waals surface area contributed by atoms with E-state index in [4.69, 9.17) is 9.84 Å². The van der Waals surface area contributed by atoms with Gasteiger partial charge in [-0.3, -0.25) is 4.79 Å². The maximum atomic E-state index is 10.9. The van der Waals surface area contributed by atoms with E-state index in [1.807, 2.05) is 13.8 Å². The van der Waals surface area contributed by atoms with Gasteiger partial charge in [-0.2, -0.15) is 0 Å². The van der Waals surface area contributed by atoms with Gasteiger partial charge >= 0.3 is 5.97 Å². The highest BCUT2D eigenvalue weighted by Gasteiger charge is 2.16. The maximum absolute atomic E-state index is 10.9. The molecule has 1 atom stereocenters. The van der Waals surface area contributed by atoms with Crippen LogP contribution in [0.5, 0.6) is 0 Å². The van der Waals surface area contributed by atoms with Gasteiger partial charge in [0.1, 0.15) is 5.82 Å². The number of aryl methyl sites for hydroxylation is 2. The van der Waals surface area contributed by atoms with E-state index in [9.17, 15) is 4.79 Å². The molecule has 1 aromatic rings. The predicted molar refractivity (Wildman–Crippen MR) is 67.6 cm³/mol. The van der Waals surface area contributed by atoms with E-state index in [2.05, 4.69) is 9.97 Å². The summed E-state index contributed by atoms with van der Waals surface area (Å²) in [6, 6.07) is 0. The minimum Gasteiger partial charge on any atom is -0.481 e. The maximum Gasteiger partial charge on any atom is 0.306 e. The van der Waals surface area contributed by atoms with Crippen LogP contribution in [-0.2, 0) is 22.4 Å². The van der Waals surface area contributed by atoms with Crippen LogP contribution in [0.15, 0.2) is 0 Å². The van der Waals surface area contributed by atoms with Gasteiger partial charge in [0.05, 0.1) is 12.5 Å². The van der Waals surface area contributed by atoms with Crippen molar-refractivity contribution in [1.82, 2.24) is 9.97 Å². The fraction of sp³-hybridized carbons (Fsp3) is 0.615. The smallest absolute Gasteiger partial charge is 0.306 e. The van der Waals surface area contributed by atoms with Crippen LogP contribution >= 0.6 is 0 Å². The van der Waals surface area contributed by atoms with E-state index in [0.29, 0.717) is 19.4 Å². The number of carboxylic acids is 1. The largest absolute Gasteiger partial charge is 0.481 e. The van der Waals surface area contributed by atoms with Gasteiger partial charge in [-0.05, 0) is 25.8 Å². The Morgan fingerprint density at radius 3 is 2.33 bits per heavy atom. The highest BCUT2D eigenvalue weighted by atomic mass is 16.5. The van der Waals surface area contributed by atoms with E-state index in [1.165, 1.54) is 0 Å². The summed E-state index contributed by atoms with van der Waals surface area (Å²) >= 11 is 0. The summed E-state index contributed by atoms with van der Waals surface area (Å²) in [6.45, 7) is 6.08. The van der Waals surface area contributed by atoms with Gasteiger partial charge in [-0.15, -0.1) is 0 Å². The van der Waals surface area contributed by atoms with Crippen LogP contribution in [0.25, 0.3) is 0 Å². The number of aromatic nitrogens is 2. The Balaban J connectivity index is 2.90. The van der Waals surface area contributed by atoms with E-state index in [-0.39, 0.29) is 0 Å². The fourth-order valence-electron chi connectivity index (χ4n) is 1.80. The van der Waals surface area contributed by atoms with Crippen LogP contribution in [0.1, 0.15) is 29.7 Å². The second-order valence-electron chi connectivity index (χ2n) is 4.48. The minimum absolute atomic E-state index is 0.421. The summed E-state index contributed by atoms with van der Waals surface area (Å²) in [7, 11) is 1.64. The molecule has 0 bridgehead atoms. The van der Waals surface area contributed by atoms with Gasteiger partial charge in [0.15, 0.2) is 0 Å². The van der Waals surface area contributed by atoms with Crippen LogP contribution in [-0.4, -0.2) is 34.8 Å². The Kier molecular flexibility index (Phi) is 5.22. The van der Waals surface area contributed by atoms with Crippen LogP contribution < -0.4 is 0 Å². The van der Waals surface area contributed by atoms with E-state index in [0.717, 1.165) is 22.8 Å². The predicted octanol–water partition coefficient (Wildman–Crippen LogP) is 1.55. The normalized spacial score (nSPS) is 12.4. The zero-order valence-electron chi connectivity index (χ0n) is 11.4. The first-order valence-electron chi connectivity index (χ1n) is 6.00. The monoisotopic (exact) mass is 252 g/mol. The van der Waals surface area contributed by atoms with Gasteiger partial charge in [0, 0.05) is 24.9 Å². The number of hydrogen-bond donors (Lipinski definition) is 1. The average Bonchev–Trinajstić information content (AvgIpc) is 2.30. The lowest BCUT2D eigenvalue weighted by Crippen LogP contribution is -2.16. The van der Waals surface area contributed by atoms with Crippen LogP contribution in [0.3, 0.4) is 0 Å². The van der Waals surface area contributed by atoms with Crippen molar-refractivity contribution in [2.45, 2.75) is 33.6 Å². The van der Waals surface area contributed by atoms with E-state index in [1.54, 1.807) is 14.0 Å². The quantitative estimate of drug-likeness (QED) is 0.831. The Labute approximate surface area is 107 Å². The summed E-state index contributed by atoms with van der Waals surface area (Å²) in [5, 5.41) is 8.94. The molecule has 1 unspecified atom stereocenters. The Bertz CT molecular complexity index is 409. The topological polar surface area (TPSA) is 72.3 Å². The van der Waals surface area contributed by atoms with Crippen molar-refractivity contribution < 1.29 is 14.6 Å². The first kappa shape index (κ1) is 14.6. The number of carbonyl (C=O) groups is 1. The number of nitrogens with zero attached hydrogens (tertiary/aromatic N) is 2. The number of aliphatic carboxylic acids is 1. The second kappa shape index (κ2) is 6.44. The van der Waals surface area contributed by atoms with Crippen molar-refractivity contribution in [3.05, 3.63) is 22.8 Å². The zero-order valence-corrected chi connectivity index (χ0v) is 11.4. The van der Waals surface area contributed by atoms with E-state index >= 15 is 0 Å². The molecule has 1 aromatic heterocycles. The van der Waals surface area contributed by atoms with Crippen LogP contribution in [0.2, 0.25) is 0 Å². The van der Waals surface area contributed by atoms with Gasteiger partial charge in [0.2, 0.25) is 0 Å². The molecule has 100 valence electrons. The molecule has 1 N–H and O–H groups in total. The third-order valence-electron chi connectivity index (χ3n) is 2.93. The van der Waals surface area contributed by atoms with Gasteiger partial charge < -0.3 is 9.84 Å². The Morgan fingerprint density at radius 1 is 1.33 bits per heavy atom. The van der Waals surface area contributed by atoms with Gasteiger partial charge in [-0.1, -0.05) is 6.92 Å². The summed E-state index contributed by atoms with van der Waals surface area (Å²) in [5.74, 6) is -0.466. The summed E-state index contributed by atoms with van der Waals surface area (Å²) < 4.78 is 4.99. The number of hydrogen-bond acceptors (Lipinski definition) is 4. The van der Waals surface area contributed by atoms with Crippen molar-refractivity contribution in [2.75, 3.05) is 13.7 Å². The summed E-state index contributed by atoms with van der Waals surface area (Å²) in [4.78, 5) is 19.7. The molecule has 18 heavy (non-hydrogen) atoms. The Hall–Kier alpha value is -1.49. The molecular weight excluding hydrogens is 232 g/mol. The molecule has 1 heterocycles. The zero-order chi connectivity index (χ0) is 13.7. The molecule has 0 aliphatic heterocycles. The standard InChI is InChI=1S/C13H20N2O3/c1-8(13(16)17)7-11-9(2)14-12(5-6-18-4)15-10(11)3/h8H,5-7H2,1-4H3,(H,16,17). The van der Waals surface area contributed by atoms with Crippen molar-refractivity contribution in [2.24, 2.45) is 5.92 Å². The van der Waals surface area contributed by atoms with Gasteiger partial charge in [-0.25, -0.2) is 9.97 Å². The highest BCUT2D eigenvalue weighted by molar-refractivity contribution is 5.70. The lowest BCUT2D eigenvalue weighted by Gasteiger charge is -2.12. The summed E-state index contributed by atoms with van der Waals surface area (Å²) in [5.41, 5.74) is 2.66. The van der Waals surface area contributed by atoms with E-state index < -0.39 is 11.9 Å². The minimum atomic E-state index is -0.794. The highest BCUT2D eigenvalue weighted by Crippen LogP contribution is 2.16. The van der Waals surface area contributed by atoms with Crippen molar-refractivity contribution >= 4 is 5.97 Å². The molecule has 0 saturated carbocycles. The van der Waals surface area contributed by atoms with Crippen LogP contribution in [0, 0.1) is 19.8 Å².